The van der Waals surface area contributed by atoms with Crippen molar-refractivity contribution in [2.45, 2.75) is 13.8 Å². The molecule has 1 aromatic heterocycles. The number of nitrogens with two attached hydrogens (primary N) is 1. The lowest BCUT2D eigenvalue weighted by Gasteiger charge is -2.10. The number of aromatic nitrogens is 2. The van der Waals surface area contributed by atoms with Crippen LogP contribution in [-0.2, 0) is 0 Å². The summed E-state index contributed by atoms with van der Waals surface area (Å²) in [7, 11) is 0. The van der Waals surface area contributed by atoms with E-state index in [9.17, 15) is 4.79 Å². The summed E-state index contributed by atoms with van der Waals surface area (Å²) < 4.78 is 1.57. The van der Waals surface area contributed by atoms with E-state index in [-0.39, 0.29) is 5.91 Å². The van der Waals surface area contributed by atoms with E-state index in [1.807, 2.05) is 38.1 Å². The number of nitrogens with zero attached hydrogens (tertiary/aromatic N) is 2. The number of hydrogen-bond donors (Lipinski definition) is 2. The van der Waals surface area contributed by atoms with E-state index in [2.05, 4.69) is 10.4 Å². The molecule has 1 heterocycles. The molecule has 3 N–H and O–H groups in total. The first-order chi connectivity index (χ1) is 11.5. The lowest BCUT2D eigenvalue weighted by Crippen LogP contribution is -2.15. The molecule has 0 aliphatic rings. The minimum atomic E-state index is -0.308. The van der Waals surface area contributed by atoms with Gasteiger partial charge in [-0.1, -0.05) is 29.8 Å². The van der Waals surface area contributed by atoms with Gasteiger partial charge in [-0.2, -0.15) is 5.10 Å². The summed E-state index contributed by atoms with van der Waals surface area (Å²) in [4.78, 5) is 12.5. The Balaban J connectivity index is 1.91. The number of nitrogens with one attached hydrogen (secondary N) is 1. The molecule has 3 aromatic rings. The quantitative estimate of drug-likeness (QED) is 0.757. The maximum atomic E-state index is 12.5. The summed E-state index contributed by atoms with van der Waals surface area (Å²) in [5.74, 6) is -0.00817. The van der Waals surface area contributed by atoms with Crippen LogP contribution in [0.1, 0.15) is 21.5 Å². The van der Waals surface area contributed by atoms with Crippen molar-refractivity contribution in [3.8, 4) is 5.69 Å². The molecule has 0 fully saturated rings. The van der Waals surface area contributed by atoms with Crippen LogP contribution in [0.3, 0.4) is 0 Å². The minimum Gasteiger partial charge on any atom is -0.383 e. The number of para-hydroxylation sites is 1. The third-order valence-electron chi connectivity index (χ3n) is 3.83. The largest absolute Gasteiger partial charge is 0.383 e. The number of aryl methyl sites for hydroxylation is 2. The van der Waals surface area contributed by atoms with Gasteiger partial charge < -0.3 is 11.1 Å². The van der Waals surface area contributed by atoms with Crippen LogP contribution in [0.2, 0.25) is 5.02 Å². The fourth-order valence-electron chi connectivity index (χ4n) is 2.48. The summed E-state index contributed by atoms with van der Waals surface area (Å²) in [5, 5.41) is 7.72. The molecule has 0 aliphatic heterocycles. The highest BCUT2D eigenvalue weighted by atomic mass is 35.5. The monoisotopic (exact) mass is 340 g/mol. The van der Waals surface area contributed by atoms with Gasteiger partial charge in [-0.05, 0) is 49.2 Å². The summed E-state index contributed by atoms with van der Waals surface area (Å²) in [6.07, 6.45) is 1.47. The second-order valence-electron chi connectivity index (χ2n) is 5.56. The van der Waals surface area contributed by atoms with Gasteiger partial charge in [0.25, 0.3) is 5.91 Å². The highest BCUT2D eigenvalue weighted by Crippen LogP contribution is 2.23. The number of benzene rings is 2. The average molecular weight is 341 g/mol. The van der Waals surface area contributed by atoms with Crippen LogP contribution < -0.4 is 11.1 Å². The van der Waals surface area contributed by atoms with E-state index >= 15 is 0 Å². The molecule has 5 nitrogen and oxygen atoms in total. The molecule has 0 aliphatic carbocycles. The van der Waals surface area contributed by atoms with E-state index in [0.717, 1.165) is 16.8 Å². The topological polar surface area (TPSA) is 72.9 Å². The minimum absolute atomic E-state index is 0.299. The molecule has 122 valence electrons. The molecule has 0 unspecified atom stereocenters. The normalized spacial score (nSPS) is 10.6. The molecule has 1 amide bonds. The number of rotatable bonds is 3. The van der Waals surface area contributed by atoms with E-state index < -0.39 is 0 Å². The number of halogens is 1. The van der Waals surface area contributed by atoms with Gasteiger partial charge in [-0.25, -0.2) is 4.68 Å². The maximum absolute atomic E-state index is 12.5. The summed E-state index contributed by atoms with van der Waals surface area (Å²) in [6.45, 7) is 3.84. The van der Waals surface area contributed by atoms with Crippen molar-refractivity contribution in [3.05, 3.63) is 70.4 Å². The van der Waals surface area contributed by atoms with E-state index in [1.165, 1.54) is 6.20 Å². The number of amides is 1. The SMILES string of the molecule is Cc1cc(Cl)ccc1NC(=O)c1cnn(-c2ccccc2C)c1N. The van der Waals surface area contributed by atoms with E-state index in [1.54, 1.807) is 22.9 Å². The van der Waals surface area contributed by atoms with Crippen molar-refractivity contribution >= 4 is 29.0 Å². The van der Waals surface area contributed by atoms with Crippen LogP contribution in [0.15, 0.2) is 48.7 Å². The molecule has 24 heavy (non-hydrogen) atoms. The molecule has 0 bridgehead atoms. The molecule has 3 rings (SSSR count). The number of nitrogen functional groups attached to an aromatic ring is 1. The first-order valence-corrected chi connectivity index (χ1v) is 7.82. The zero-order chi connectivity index (χ0) is 17.3. The Hall–Kier alpha value is -2.79. The number of hydrogen-bond acceptors (Lipinski definition) is 3. The predicted octanol–water partition coefficient (Wildman–Crippen LogP) is 3.98. The number of anilines is 2. The van der Waals surface area contributed by atoms with Gasteiger partial charge in [0.2, 0.25) is 0 Å². The Morgan fingerprint density at radius 2 is 1.92 bits per heavy atom. The zero-order valence-corrected chi connectivity index (χ0v) is 14.1. The second kappa shape index (κ2) is 6.37. The molecule has 6 heteroatoms. The zero-order valence-electron chi connectivity index (χ0n) is 13.4. The van der Waals surface area contributed by atoms with Crippen LogP contribution in [0.25, 0.3) is 5.69 Å². The Bertz CT molecular complexity index is 917. The fraction of sp³-hybridized carbons (Fsp3) is 0.111. The average Bonchev–Trinajstić information content (AvgIpc) is 2.92. The smallest absolute Gasteiger partial charge is 0.261 e. The molecular weight excluding hydrogens is 324 g/mol. The summed E-state index contributed by atoms with van der Waals surface area (Å²) in [5.41, 5.74) is 9.89. The van der Waals surface area contributed by atoms with Crippen molar-refractivity contribution in [3.63, 3.8) is 0 Å². The second-order valence-corrected chi connectivity index (χ2v) is 5.99. The molecule has 0 saturated carbocycles. The van der Waals surface area contributed by atoms with E-state index in [4.69, 9.17) is 17.3 Å². The van der Waals surface area contributed by atoms with Gasteiger partial charge in [0.1, 0.15) is 11.4 Å². The highest BCUT2D eigenvalue weighted by Gasteiger charge is 2.17. The van der Waals surface area contributed by atoms with Gasteiger partial charge in [0.15, 0.2) is 0 Å². The van der Waals surface area contributed by atoms with Crippen molar-refractivity contribution in [1.29, 1.82) is 0 Å². The van der Waals surface area contributed by atoms with Crippen LogP contribution in [-0.4, -0.2) is 15.7 Å². The highest BCUT2D eigenvalue weighted by molar-refractivity contribution is 6.30. The van der Waals surface area contributed by atoms with Gasteiger partial charge in [0.05, 0.1) is 11.9 Å². The summed E-state index contributed by atoms with van der Waals surface area (Å²) in [6, 6.07) is 13.0. The molecule has 0 saturated heterocycles. The predicted molar refractivity (Wildman–Crippen MR) is 96.9 cm³/mol. The lowest BCUT2D eigenvalue weighted by atomic mass is 10.2. The number of carbonyl (C=O) groups excluding carboxylic acids is 1. The van der Waals surface area contributed by atoms with Crippen molar-refractivity contribution < 1.29 is 4.79 Å². The van der Waals surface area contributed by atoms with Crippen LogP contribution in [0.4, 0.5) is 11.5 Å². The van der Waals surface area contributed by atoms with Gasteiger partial charge in [-0.15, -0.1) is 0 Å². The molecule has 0 spiro atoms. The van der Waals surface area contributed by atoms with Crippen LogP contribution in [0, 0.1) is 13.8 Å². The van der Waals surface area contributed by atoms with Crippen LogP contribution in [0.5, 0.6) is 0 Å². The fourth-order valence-corrected chi connectivity index (χ4v) is 2.71. The summed E-state index contributed by atoms with van der Waals surface area (Å²) >= 11 is 5.94. The number of carbonyl (C=O) groups is 1. The van der Waals surface area contributed by atoms with Crippen molar-refractivity contribution in [2.75, 3.05) is 11.1 Å². The Morgan fingerprint density at radius 1 is 1.17 bits per heavy atom. The third kappa shape index (κ3) is 2.98. The molecular formula is C18H17ClN4O. The van der Waals surface area contributed by atoms with Crippen molar-refractivity contribution in [1.82, 2.24) is 9.78 Å². The van der Waals surface area contributed by atoms with Crippen molar-refractivity contribution in [2.24, 2.45) is 0 Å². The molecule has 2 aromatic carbocycles. The first-order valence-electron chi connectivity index (χ1n) is 7.44. The van der Waals surface area contributed by atoms with Gasteiger partial charge in [0, 0.05) is 10.7 Å². The maximum Gasteiger partial charge on any atom is 0.261 e. The third-order valence-corrected chi connectivity index (χ3v) is 4.07. The van der Waals surface area contributed by atoms with E-state index in [0.29, 0.717) is 22.1 Å². The standard InChI is InChI=1S/C18H17ClN4O/c1-11-5-3-4-6-16(11)23-17(20)14(10-21-23)18(24)22-15-8-7-13(19)9-12(15)2/h3-10H,20H2,1-2H3,(H,22,24). The molecule has 0 atom stereocenters. The van der Waals surface area contributed by atoms with Gasteiger partial charge in [-0.3, -0.25) is 4.79 Å². The first kappa shape index (κ1) is 16.1. The molecule has 0 radical (unpaired) electrons. The lowest BCUT2D eigenvalue weighted by molar-refractivity contribution is 0.102. The Kier molecular flexibility index (Phi) is 4.27. The van der Waals surface area contributed by atoms with Crippen LogP contribution >= 0.6 is 11.6 Å². The van der Waals surface area contributed by atoms with Gasteiger partial charge >= 0.3 is 0 Å². The Labute approximate surface area is 145 Å². The Morgan fingerprint density at radius 3 is 2.62 bits per heavy atom.